The SMILES string of the molecule is CC(C)(C)C1=C(C(C)(C)C)C(CP(C(C)(C)C)C(C)(C)C)C(C(P)(c2cccnc2)c2cccnc2)=C1. The Morgan fingerprint density at radius 3 is 1.51 bits per heavy atom. The monoisotopic (exact) mass is 536 g/mol. The molecule has 0 N–H and O–H groups in total. The van der Waals surface area contributed by atoms with Gasteiger partial charge in [-0.15, -0.1) is 9.24 Å². The highest BCUT2D eigenvalue weighted by Gasteiger charge is 2.48. The Morgan fingerprint density at radius 1 is 0.730 bits per heavy atom. The van der Waals surface area contributed by atoms with Gasteiger partial charge < -0.3 is 0 Å². The van der Waals surface area contributed by atoms with Gasteiger partial charge >= 0.3 is 0 Å². The Hall–Kier alpha value is -1.36. The molecule has 0 aliphatic heterocycles. The molecule has 4 heteroatoms. The van der Waals surface area contributed by atoms with E-state index >= 15 is 0 Å². The zero-order valence-corrected chi connectivity index (χ0v) is 27.4. The molecule has 2 unspecified atom stereocenters. The Kier molecular flexibility index (Phi) is 8.42. The van der Waals surface area contributed by atoms with Gasteiger partial charge in [-0.25, -0.2) is 0 Å². The number of hydrogen-bond acceptors (Lipinski definition) is 2. The van der Waals surface area contributed by atoms with Crippen molar-refractivity contribution in [2.24, 2.45) is 16.7 Å². The van der Waals surface area contributed by atoms with Gasteiger partial charge in [0.05, 0.1) is 5.16 Å². The van der Waals surface area contributed by atoms with Crippen LogP contribution in [-0.4, -0.2) is 26.4 Å². The quantitative estimate of drug-likeness (QED) is 0.356. The van der Waals surface area contributed by atoms with Crippen LogP contribution < -0.4 is 0 Å². The van der Waals surface area contributed by atoms with Crippen molar-refractivity contribution in [3.05, 3.63) is 83.0 Å². The van der Waals surface area contributed by atoms with Crippen LogP contribution in [-0.2, 0) is 5.16 Å². The van der Waals surface area contributed by atoms with E-state index in [1.54, 1.807) is 5.57 Å². The molecule has 1 aliphatic carbocycles. The molecule has 0 saturated heterocycles. The molecule has 0 saturated carbocycles. The van der Waals surface area contributed by atoms with E-state index < -0.39 is 5.16 Å². The lowest BCUT2D eigenvalue weighted by atomic mass is 9.71. The van der Waals surface area contributed by atoms with Crippen molar-refractivity contribution in [2.75, 3.05) is 6.16 Å². The number of allylic oxidation sites excluding steroid dienone is 4. The average Bonchev–Trinajstić information content (AvgIpc) is 3.17. The van der Waals surface area contributed by atoms with Crippen molar-refractivity contribution in [3.63, 3.8) is 0 Å². The Labute approximate surface area is 231 Å². The summed E-state index contributed by atoms with van der Waals surface area (Å²) in [5.41, 5.74) is 7.07. The fourth-order valence-electron chi connectivity index (χ4n) is 6.23. The molecule has 1 aliphatic rings. The van der Waals surface area contributed by atoms with Crippen molar-refractivity contribution in [3.8, 4) is 0 Å². The third-order valence-electron chi connectivity index (χ3n) is 7.60. The van der Waals surface area contributed by atoms with Crippen LogP contribution >= 0.6 is 17.2 Å². The Bertz CT molecular complexity index is 1080. The second-order valence-electron chi connectivity index (χ2n) is 14.7. The molecule has 2 nitrogen and oxygen atoms in total. The van der Waals surface area contributed by atoms with Crippen LogP contribution in [0.25, 0.3) is 0 Å². The molecule has 202 valence electrons. The van der Waals surface area contributed by atoms with E-state index in [1.807, 2.05) is 24.8 Å². The summed E-state index contributed by atoms with van der Waals surface area (Å²) in [6.45, 7) is 29.0. The maximum atomic E-state index is 4.58. The molecule has 3 rings (SSSR count). The lowest BCUT2D eigenvalue weighted by Crippen LogP contribution is -2.35. The highest BCUT2D eigenvalue weighted by molar-refractivity contribution is 7.60. The van der Waals surface area contributed by atoms with Crippen molar-refractivity contribution in [1.82, 2.24) is 9.97 Å². The molecule has 0 fully saturated rings. The summed E-state index contributed by atoms with van der Waals surface area (Å²) in [6.07, 6.45) is 11.6. The molecule has 37 heavy (non-hydrogen) atoms. The van der Waals surface area contributed by atoms with Gasteiger partial charge in [-0.1, -0.05) is 115 Å². The lowest BCUT2D eigenvalue weighted by Gasteiger charge is -2.46. The Balaban J connectivity index is 2.38. The van der Waals surface area contributed by atoms with E-state index in [0.29, 0.717) is 5.92 Å². The van der Waals surface area contributed by atoms with Crippen LogP contribution in [0, 0.1) is 16.7 Å². The van der Waals surface area contributed by atoms with Crippen LogP contribution in [0.4, 0.5) is 0 Å². The van der Waals surface area contributed by atoms with Crippen LogP contribution in [0.15, 0.2) is 71.8 Å². The fraction of sp³-hybridized carbons (Fsp3) is 0.576. The molecular formula is C33H50N2P2. The highest BCUT2D eigenvalue weighted by atomic mass is 31.1. The molecule has 2 atom stereocenters. The first-order chi connectivity index (χ1) is 16.8. The number of aromatic nitrogens is 2. The Morgan fingerprint density at radius 2 is 1.19 bits per heavy atom. The number of pyridine rings is 2. The summed E-state index contributed by atoms with van der Waals surface area (Å²) < 4.78 is 0. The van der Waals surface area contributed by atoms with Crippen LogP contribution in [0.5, 0.6) is 0 Å². The van der Waals surface area contributed by atoms with Gasteiger partial charge in [0, 0.05) is 30.7 Å². The summed E-state index contributed by atoms with van der Waals surface area (Å²) in [6, 6.07) is 8.59. The van der Waals surface area contributed by atoms with Gasteiger partial charge in [0.25, 0.3) is 0 Å². The molecule has 0 radical (unpaired) electrons. The van der Waals surface area contributed by atoms with Gasteiger partial charge in [-0.2, -0.15) is 0 Å². The lowest BCUT2D eigenvalue weighted by molar-refractivity contribution is 0.425. The number of nitrogens with zero attached hydrogens (tertiary/aromatic N) is 2. The third-order valence-corrected chi connectivity index (χ3v) is 12.6. The number of rotatable bonds is 5. The summed E-state index contributed by atoms with van der Waals surface area (Å²) in [4.78, 5) is 9.15. The number of hydrogen-bond donors (Lipinski definition) is 0. The predicted octanol–water partition coefficient (Wildman–Crippen LogP) is 9.62. The van der Waals surface area contributed by atoms with Crippen LogP contribution in [0.2, 0.25) is 0 Å². The standard InChI is InChI=1S/C33H50N2P2/c1-29(2,3)27-19-26(33(36,23-15-13-17-34-20-23)24-16-14-18-35-21-24)25(28(27)30(4,5)6)22-37(31(7,8)9)32(10,11)12/h13-21,25H,22,36H2,1-12H3. The van der Waals surface area contributed by atoms with E-state index in [9.17, 15) is 0 Å². The molecule has 2 heterocycles. The maximum Gasteiger partial charge on any atom is 0.0590 e. The molecule has 0 aromatic carbocycles. The normalized spacial score (nSPS) is 18.0. The van der Waals surface area contributed by atoms with E-state index in [-0.39, 0.29) is 29.1 Å². The summed E-state index contributed by atoms with van der Waals surface area (Å²) in [5.74, 6) is 0.344. The highest BCUT2D eigenvalue weighted by Crippen LogP contribution is 2.65. The summed E-state index contributed by atoms with van der Waals surface area (Å²) >= 11 is 0. The molecule has 2 aromatic heterocycles. The second-order valence-corrected chi connectivity index (χ2v) is 19.5. The predicted molar refractivity (Wildman–Crippen MR) is 168 cm³/mol. The van der Waals surface area contributed by atoms with Gasteiger partial charge in [-0.05, 0) is 61.7 Å². The summed E-state index contributed by atoms with van der Waals surface area (Å²) in [7, 11) is 2.97. The molecule has 0 amide bonds. The van der Waals surface area contributed by atoms with Crippen LogP contribution in [0.1, 0.15) is 94.2 Å². The molecular weight excluding hydrogens is 486 g/mol. The minimum Gasteiger partial charge on any atom is -0.264 e. The first kappa shape index (κ1) is 30.2. The molecule has 0 spiro atoms. The van der Waals surface area contributed by atoms with Crippen LogP contribution in [0.3, 0.4) is 0 Å². The molecule has 0 bridgehead atoms. The van der Waals surface area contributed by atoms with Gasteiger partial charge in [0.2, 0.25) is 0 Å². The van der Waals surface area contributed by atoms with Gasteiger partial charge in [-0.3, -0.25) is 9.97 Å². The average molecular weight is 537 g/mol. The zero-order chi connectivity index (χ0) is 28.0. The van der Waals surface area contributed by atoms with E-state index in [2.05, 4.69) is 133 Å². The first-order valence-corrected chi connectivity index (χ1v) is 15.7. The minimum atomic E-state index is -0.409. The van der Waals surface area contributed by atoms with Crippen molar-refractivity contribution < 1.29 is 0 Å². The van der Waals surface area contributed by atoms with E-state index in [4.69, 9.17) is 0 Å². The van der Waals surface area contributed by atoms with Crippen molar-refractivity contribution in [2.45, 2.75) is 98.6 Å². The smallest absolute Gasteiger partial charge is 0.0590 e. The van der Waals surface area contributed by atoms with Gasteiger partial charge in [0.1, 0.15) is 0 Å². The van der Waals surface area contributed by atoms with Gasteiger partial charge in [0.15, 0.2) is 0 Å². The first-order valence-electron chi connectivity index (χ1n) is 13.6. The van der Waals surface area contributed by atoms with E-state index in [1.165, 1.54) is 28.4 Å². The summed E-state index contributed by atoms with van der Waals surface area (Å²) in [5, 5.41) is 0.0874. The minimum absolute atomic E-state index is 0.0459. The maximum absolute atomic E-state index is 4.58. The second kappa shape index (κ2) is 10.3. The topological polar surface area (TPSA) is 25.8 Å². The fourth-order valence-corrected chi connectivity index (χ4v) is 10.7. The molecule has 2 aromatic rings. The third kappa shape index (κ3) is 6.28. The zero-order valence-electron chi connectivity index (χ0n) is 25.4. The van der Waals surface area contributed by atoms with Crippen molar-refractivity contribution >= 4 is 17.2 Å². The largest absolute Gasteiger partial charge is 0.264 e. The van der Waals surface area contributed by atoms with Crippen molar-refractivity contribution in [1.29, 1.82) is 0 Å². The van der Waals surface area contributed by atoms with E-state index in [0.717, 1.165) is 0 Å².